The normalized spacial score (nSPS) is 13.2. The molecule has 0 aliphatic rings. The Hall–Kier alpha value is -1.93. The molecule has 8 heteroatoms. The monoisotopic (exact) mass is 444 g/mol. The number of amides is 1. The number of rotatable bonds is 16. The summed E-state index contributed by atoms with van der Waals surface area (Å²) in [6.45, 7) is 4.48. The fourth-order valence-electron chi connectivity index (χ4n) is 2.95. The van der Waals surface area contributed by atoms with Gasteiger partial charge in [-0.05, 0) is 19.3 Å². The molecule has 2 atom stereocenters. The van der Waals surface area contributed by atoms with E-state index < -0.39 is 6.10 Å². The number of allylic oxidation sites excluding steroid dienone is 1. The number of methoxy groups -OCH3 is 1. The van der Waals surface area contributed by atoms with Gasteiger partial charge in [-0.2, -0.15) is 0 Å². The van der Waals surface area contributed by atoms with Crippen LogP contribution in [-0.4, -0.2) is 80.5 Å². The second-order valence-electron chi connectivity index (χ2n) is 8.22. The fourth-order valence-corrected chi connectivity index (χ4v) is 2.95. The number of carbonyl (C=O) groups excluding carboxylic acids is 3. The minimum Gasteiger partial charge on any atom is -0.469 e. The molecule has 0 saturated heterocycles. The van der Waals surface area contributed by atoms with Crippen molar-refractivity contribution in [3.63, 3.8) is 0 Å². The summed E-state index contributed by atoms with van der Waals surface area (Å²) in [6, 6.07) is -0.331. The fraction of sp³-hybridized carbons (Fsp3) is 0.739. The van der Waals surface area contributed by atoms with Crippen molar-refractivity contribution in [2.24, 2.45) is 0 Å². The smallest absolute Gasteiger partial charge is 0.305 e. The van der Waals surface area contributed by atoms with Crippen LogP contribution in [-0.2, 0) is 23.9 Å². The molecule has 0 aromatic carbocycles. The van der Waals surface area contributed by atoms with Crippen LogP contribution < -0.4 is 5.32 Å². The number of esters is 2. The number of hydrogen-bond donors (Lipinski definition) is 2. The number of likely N-dealkylation sites (N-methyl/N-ethyl adjacent to an activating group) is 1. The molecule has 0 fully saturated rings. The van der Waals surface area contributed by atoms with E-state index in [0.29, 0.717) is 36.7 Å². The molecule has 0 spiro atoms. The molecule has 0 saturated carbocycles. The van der Waals surface area contributed by atoms with Crippen molar-refractivity contribution in [2.75, 3.05) is 40.9 Å². The molecule has 8 nitrogen and oxygen atoms in total. The first-order chi connectivity index (χ1) is 14.1. The molecule has 182 valence electrons. The average molecular weight is 445 g/mol. The lowest BCUT2D eigenvalue weighted by Crippen LogP contribution is -2.52. The zero-order chi connectivity index (χ0) is 23.0. The first-order valence-electron chi connectivity index (χ1n) is 10.8. The maximum atomic E-state index is 12.6. The Kier molecular flexibility index (Phi) is 17.9. The molecule has 0 rings (SSSR count). The molecular weight excluding hydrogens is 400 g/mol. The molecule has 0 aliphatic heterocycles. The number of ether oxygens (including phenoxy) is 2. The molecule has 2 N–H and O–H groups in total. The largest absolute Gasteiger partial charge is 0.469 e. The van der Waals surface area contributed by atoms with E-state index in [4.69, 9.17) is 4.74 Å². The predicted molar refractivity (Wildman–Crippen MR) is 122 cm³/mol. The van der Waals surface area contributed by atoms with E-state index in [-0.39, 0.29) is 44.5 Å². The number of quaternary nitrogens is 1. The summed E-state index contributed by atoms with van der Waals surface area (Å²) in [5.74, 6) is -0.740. The van der Waals surface area contributed by atoms with Crippen LogP contribution in [0.1, 0.15) is 58.8 Å². The summed E-state index contributed by atoms with van der Waals surface area (Å²) in [4.78, 5) is 34.6. The molecule has 0 aromatic heterocycles. The van der Waals surface area contributed by atoms with Crippen LogP contribution in [0.4, 0.5) is 0 Å². The van der Waals surface area contributed by atoms with Gasteiger partial charge in [0, 0.05) is 13.3 Å². The van der Waals surface area contributed by atoms with Crippen molar-refractivity contribution in [1.29, 1.82) is 0 Å². The van der Waals surface area contributed by atoms with E-state index >= 15 is 0 Å². The Morgan fingerprint density at radius 3 is 2.42 bits per heavy atom. The quantitative estimate of drug-likeness (QED) is 0.125. The number of nitrogens with zero attached hydrogens (tertiary/aromatic N) is 1. The molecule has 0 bridgehead atoms. The van der Waals surface area contributed by atoms with Gasteiger partial charge in [0.1, 0.15) is 13.2 Å². The number of aliphatic hydroxyl groups excluding tert-OH is 1. The van der Waals surface area contributed by atoms with Crippen LogP contribution in [0.5, 0.6) is 0 Å². The van der Waals surface area contributed by atoms with Gasteiger partial charge >= 0.3 is 11.9 Å². The standard InChI is InChI=1S/C22H40N2O6.CH3/c1-6-7-9-12-19(20(26)13-10-8-11-14-22(28)29-5)23-21(27)17-24(3,4)15-16-30-18(2)25;/h8,10,19-20,26H,6-7,9,11-17H2,1-5H3;1H3/q;-1/p+1. The van der Waals surface area contributed by atoms with Crippen molar-refractivity contribution in [3.8, 4) is 0 Å². The van der Waals surface area contributed by atoms with E-state index in [1.165, 1.54) is 14.0 Å². The van der Waals surface area contributed by atoms with E-state index in [1.54, 1.807) is 0 Å². The third kappa shape index (κ3) is 17.4. The van der Waals surface area contributed by atoms with Crippen LogP contribution in [0.15, 0.2) is 12.2 Å². The van der Waals surface area contributed by atoms with E-state index in [0.717, 1.165) is 19.3 Å². The van der Waals surface area contributed by atoms with Gasteiger partial charge in [-0.15, -0.1) is 0 Å². The van der Waals surface area contributed by atoms with Crippen molar-refractivity contribution in [3.05, 3.63) is 19.6 Å². The second-order valence-corrected chi connectivity index (χ2v) is 8.22. The van der Waals surface area contributed by atoms with Gasteiger partial charge in [0.05, 0.1) is 33.4 Å². The summed E-state index contributed by atoms with van der Waals surface area (Å²) >= 11 is 0. The van der Waals surface area contributed by atoms with Crippen LogP contribution in [0.3, 0.4) is 0 Å². The van der Waals surface area contributed by atoms with E-state index in [9.17, 15) is 19.5 Å². The number of nitrogens with one attached hydrogen (secondary N) is 1. The van der Waals surface area contributed by atoms with Crippen LogP contribution >= 0.6 is 0 Å². The Morgan fingerprint density at radius 2 is 1.84 bits per heavy atom. The van der Waals surface area contributed by atoms with Gasteiger partial charge in [0.15, 0.2) is 6.54 Å². The summed E-state index contributed by atoms with van der Waals surface area (Å²) in [7, 11) is 5.15. The minimum absolute atomic E-state index is 0. The average Bonchev–Trinajstić information content (AvgIpc) is 2.65. The van der Waals surface area contributed by atoms with Crippen LogP contribution in [0.25, 0.3) is 0 Å². The van der Waals surface area contributed by atoms with Gasteiger partial charge in [0.25, 0.3) is 5.91 Å². The lowest BCUT2D eigenvalue weighted by molar-refractivity contribution is -0.882. The SMILES string of the molecule is CCCCCC(NC(=O)C[N+](C)(C)CCOC(C)=O)C(O)CC=CCCC(=O)OC.[CH3-]. The molecule has 2 unspecified atom stereocenters. The van der Waals surface area contributed by atoms with E-state index in [1.807, 2.05) is 26.2 Å². The highest BCUT2D eigenvalue weighted by atomic mass is 16.5. The van der Waals surface area contributed by atoms with Crippen LogP contribution in [0.2, 0.25) is 0 Å². The zero-order valence-corrected chi connectivity index (χ0v) is 20.3. The highest BCUT2D eigenvalue weighted by Crippen LogP contribution is 2.11. The zero-order valence-electron chi connectivity index (χ0n) is 20.3. The summed E-state index contributed by atoms with van der Waals surface area (Å²) in [5.41, 5.74) is 0. The van der Waals surface area contributed by atoms with Gasteiger partial charge in [-0.25, -0.2) is 0 Å². The van der Waals surface area contributed by atoms with Crippen molar-refractivity contribution in [1.82, 2.24) is 5.32 Å². The molecule has 31 heavy (non-hydrogen) atoms. The van der Waals surface area contributed by atoms with Gasteiger partial charge in [-0.3, -0.25) is 14.4 Å². The van der Waals surface area contributed by atoms with Crippen molar-refractivity contribution in [2.45, 2.75) is 70.9 Å². The number of hydrogen-bond acceptors (Lipinski definition) is 6. The molecule has 1 amide bonds. The number of aliphatic hydroxyl groups is 1. The Balaban J connectivity index is 0. The lowest BCUT2D eigenvalue weighted by Gasteiger charge is -2.30. The topological polar surface area (TPSA) is 102 Å². The highest BCUT2D eigenvalue weighted by molar-refractivity contribution is 5.77. The maximum Gasteiger partial charge on any atom is 0.305 e. The molecular formula is C23H44N2O6. The molecule has 0 heterocycles. The Morgan fingerprint density at radius 1 is 1.16 bits per heavy atom. The van der Waals surface area contributed by atoms with Crippen molar-refractivity contribution >= 4 is 17.8 Å². The molecule has 0 radical (unpaired) electrons. The first kappa shape index (κ1) is 31.3. The predicted octanol–water partition coefficient (Wildman–Crippen LogP) is 2.40. The maximum absolute atomic E-state index is 12.6. The summed E-state index contributed by atoms with van der Waals surface area (Å²) < 4.78 is 9.94. The molecule has 0 aromatic rings. The Bertz CT molecular complexity index is 548. The van der Waals surface area contributed by atoms with E-state index in [2.05, 4.69) is 17.0 Å². The third-order valence-electron chi connectivity index (χ3n) is 4.79. The van der Waals surface area contributed by atoms with Gasteiger partial charge in [0.2, 0.25) is 0 Å². The minimum atomic E-state index is -0.697. The van der Waals surface area contributed by atoms with Gasteiger partial charge < -0.3 is 31.8 Å². The summed E-state index contributed by atoms with van der Waals surface area (Å²) in [6.07, 6.45) is 7.99. The van der Waals surface area contributed by atoms with Crippen molar-refractivity contribution < 1.29 is 33.4 Å². The number of unbranched alkanes of at least 4 members (excludes halogenated alkanes) is 2. The second kappa shape index (κ2) is 17.7. The van der Waals surface area contributed by atoms with Gasteiger partial charge in [-0.1, -0.05) is 38.3 Å². The summed E-state index contributed by atoms with van der Waals surface area (Å²) in [5, 5.41) is 13.6. The third-order valence-corrected chi connectivity index (χ3v) is 4.79. The molecule has 0 aliphatic carbocycles. The van der Waals surface area contributed by atoms with Crippen LogP contribution in [0, 0.1) is 7.43 Å². The first-order valence-corrected chi connectivity index (χ1v) is 10.8. The Labute approximate surface area is 188 Å². The highest BCUT2D eigenvalue weighted by Gasteiger charge is 2.25. The lowest BCUT2D eigenvalue weighted by atomic mass is 10.0. The number of carbonyl (C=O) groups is 3.